The molecular weight excluding hydrogens is 458 g/mol. The van der Waals surface area contributed by atoms with Crippen LogP contribution in [0.4, 0.5) is 5.69 Å². The molecule has 35 heavy (non-hydrogen) atoms. The monoisotopic (exact) mass is 483 g/mol. The van der Waals surface area contributed by atoms with Crippen LogP contribution in [0.3, 0.4) is 0 Å². The second-order valence-corrected chi connectivity index (χ2v) is 7.45. The minimum absolute atomic E-state index is 0.478. The van der Waals surface area contributed by atoms with Gasteiger partial charge in [0.1, 0.15) is 17.1 Å². The SMILES string of the molecule is C=C.C=CC.Cc1ccc(Cl)cc1.N#Cc1c2nc3ccccc3nc2n2cc(NC=O)ccc12. The van der Waals surface area contributed by atoms with Crippen LogP contribution in [0.25, 0.3) is 27.7 Å². The van der Waals surface area contributed by atoms with Crippen molar-refractivity contribution in [3.8, 4) is 6.07 Å². The molecule has 0 spiro atoms. The van der Waals surface area contributed by atoms with Gasteiger partial charge in [-0.15, -0.1) is 19.7 Å². The number of hydrogen-bond acceptors (Lipinski definition) is 4. The van der Waals surface area contributed by atoms with Gasteiger partial charge in [-0.1, -0.05) is 47.5 Å². The molecule has 0 unspecified atom stereocenters. The number of benzene rings is 2. The van der Waals surface area contributed by atoms with Crippen molar-refractivity contribution < 1.29 is 4.79 Å². The van der Waals surface area contributed by atoms with Crippen LogP contribution < -0.4 is 5.32 Å². The van der Waals surface area contributed by atoms with E-state index in [1.54, 1.807) is 28.8 Å². The Bertz CT molecular complexity index is 1460. The predicted octanol–water partition coefficient (Wildman–Crippen LogP) is 7.12. The summed E-state index contributed by atoms with van der Waals surface area (Å²) in [6.45, 7) is 13.3. The average Bonchev–Trinajstić information content (AvgIpc) is 3.18. The van der Waals surface area contributed by atoms with Crippen LogP contribution >= 0.6 is 11.6 Å². The van der Waals surface area contributed by atoms with Gasteiger partial charge in [0.2, 0.25) is 6.41 Å². The molecule has 0 aliphatic carbocycles. The number of pyridine rings is 1. The molecule has 0 radical (unpaired) electrons. The summed E-state index contributed by atoms with van der Waals surface area (Å²) in [4.78, 5) is 19.8. The van der Waals surface area contributed by atoms with Crippen molar-refractivity contribution >= 4 is 51.4 Å². The Morgan fingerprint density at radius 2 is 1.63 bits per heavy atom. The summed E-state index contributed by atoms with van der Waals surface area (Å²) >= 11 is 5.61. The summed E-state index contributed by atoms with van der Waals surface area (Å²) in [7, 11) is 0. The predicted molar refractivity (Wildman–Crippen MR) is 146 cm³/mol. The van der Waals surface area contributed by atoms with Gasteiger partial charge >= 0.3 is 0 Å². The Kier molecular flexibility index (Phi) is 10.2. The number of aryl methyl sites for hydroxylation is 1. The third-order valence-corrected chi connectivity index (χ3v) is 4.82. The van der Waals surface area contributed by atoms with Crippen LogP contribution in [0.5, 0.6) is 0 Å². The number of anilines is 1. The lowest BCUT2D eigenvalue weighted by Crippen LogP contribution is -1.96. The number of allylic oxidation sites excluding steroid dienone is 1. The van der Waals surface area contributed by atoms with E-state index in [2.05, 4.69) is 41.1 Å². The zero-order valence-corrected chi connectivity index (χ0v) is 20.5. The number of hydrogen-bond donors (Lipinski definition) is 1. The number of fused-ring (bicyclic) bond motifs is 4. The second kappa shape index (κ2) is 13.3. The van der Waals surface area contributed by atoms with E-state index < -0.39 is 0 Å². The van der Waals surface area contributed by atoms with Crippen LogP contribution in [0.1, 0.15) is 18.1 Å². The van der Waals surface area contributed by atoms with Crippen molar-refractivity contribution in [1.29, 1.82) is 5.26 Å². The Hall–Kier alpha value is -4.47. The number of nitrogens with one attached hydrogen (secondary N) is 1. The van der Waals surface area contributed by atoms with Gasteiger partial charge in [-0.2, -0.15) is 5.26 Å². The van der Waals surface area contributed by atoms with Gasteiger partial charge in [0.05, 0.1) is 22.2 Å². The van der Waals surface area contributed by atoms with Crippen LogP contribution in [0.15, 0.2) is 92.7 Å². The van der Waals surface area contributed by atoms with Gasteiger partial charge in [-0.25, -0.2) is 9.97 Å². The highest BCUT2D eigenvalue weighted by molar-refractivity contribution is 6.30. The Morgan fingerprint density at radius 1 is 1.03 bits per heavy atom. The van der Waals surface area contributed by atoms with Crippen molar-refractivity contribution in [3.63, 3.8) is 0 Å². The van der Waals surface area contributed by atoms with Crippen molar-refractivity contribution in [1.82, 2.24) is 14.4 Å². The number of nitriles is 1. The van der Waals surface area contributed by atoms with Gasteiger partial charge in [-0.05, 0) is 50.2 Å². The van der Waals surface area contributed by atoms with Gasteiger partial charge in [0, 0.05) is 11.2 Å². The highest BCUT2D eigenvalue weighted by Crippen LogP contribution is 2.26. The highest BCUT2D eigenvalue weighted by Gasteiger charge is 2.15. The molecule has 6 nitrogen and oxygen atoms in total. The van der Waals surface area contributed by atoms with Crippen LogP contribution in [-0.4, -0.2) is 20.8 Å². The zero-order valence-electron chi connectivity index (χ0n) is 19.7. The highest BCUT2D eigenvalue weighted by atomic mass is 35.5. The molecule has 5 rings (SSSR count). The lowest BCUT2D eigenvalue weighted by molar-refractivity contribution is -0.105. The van der Waals surface area contributed by atoms with Crippen molar-refractivity contribution in [2.24, 2.45) is 0 Å². The third-order valence-electron chi connectivity index (χ3n) is 4.57. The van der Waals surface area contributed by atoms with Gasteiger partial charge in [-0.3, -0.25) is 9.20 Å². The first-order valence-corrected chi connectivity index (χ1v) is 11.0. The van der Waals surface area contributed by atoms with Crippen LogP contribution in [0.2, 0.25) is 5.02 Å². The molecule has 0 bridgehead atoms. The molecule has 0 aliphatic rings. The molecule has 176 valence electrons. The first-order chi connectivity index (χ1) is 17.0. The lowest BCUT2D eigenvalue weighted by Gasteiger charge is -2.01. The molecule has 7 heteroatoms. The summed E-state index contributed by atoms with van der Waals surface area (Å²) in [5.41, 5.74) is 5.72. The quantitative estimate of drug-likeness (QED) is 0.214. The second-order valence-electron chi connectivity index (χ2n) is 7.01. The Labute approximate surface area is 209 Å². The number of carbonyl (C=O) groups excluding carboxylic acids is 1. The largest absolute Gasteiger partial charge is 0.327 e. The number of carbonyl (C=O) groups is 1. The fourth-order valence-electron chi connectivity index (χ4n) is 3.12. The fraction of sp³-hybridized carbons (Fsp3) is 0.0714. The van der Waals surface area contributed by atoms with E-state index in [9.17, 15) is 10.1 Å². The van der Waals surface area contributed by atoms with Crippen molar-refractivity contribution in [3.05, 3.63) is 109 Å². The molecule has 0 saturated heterocycles. The van der Waals surface area contributed by atoms with Crippen LogP contribution in [-0.2, 0) is 4.79 Å². The number of para-hydroxylation sites is 2. The molecule has 0 atom stereocenters. The summed E-state index contributed by atoms with van der Waals surface area (Å²) < 4.78 is 1.78. The van der Waals surface area contributed by atoms with E-state index in [0.29, 0.717) is 34.3 Å². The number of halogens is 1. The van der Waals surface area contributed by atoms with Gasteiger partial charge in [0.25, 0.3) is 0 Å². The number of amides is 1. The molecule has 2 aromatic carbocycles. The molecule has 0 saturated carbocycles. The molecule has 5 aromatic rings. The number of nitrogens with zero attached hydrogens (tertiary/aromatic N) is 4. The minimum Gasteiger partial charge on any atom is -0.327 e. The van der Waals surface area contributed by atoms with Crippen molar-refractivity contribution in [2.45, 2.75) is 13.8 Å². The number of rotatable bonds is 2. The molecule has 1 N–H and O–H groups in total. The van der Waals surface area contributed by atoms with E-state index in [1.165, 1.54) is 5.56 Å². The number of aromatic nitrogens is 3. The molecule has 0 aliphatic heterocycles. The zero-order chi connectivity index (χ0) is 25.8. The van der Waals surface area contributed by atoms with E-state index in [0.717, 1.165) is 16.1 Å². The molecule has 3 aromatic heterocycles. The smallest absolute Gasteiger partial charge is 0.211 e. The fourth-order valence-corrected chi connectivity index (χ4v) is 3.25. The summed E-state index contributed by atoms with van der Waals surface area (Å²) in [5.74, 6) is 0. The average molecular weight is 484 g/mol. The first kappa shape index (κ1) is 26.8. The van der Waals surface area contributed by atoms with E-state index in [1.807, 2.05) is 62.4 Å². The molecule has 1 amide bonds. The van der Waals surface area contributed by atoms with E-state index in [-0.39, 0.29) is 0 Å². The van der Waals surface area contributed by atoms with Gasteiger partial charge < -0.3 is 5.32 Å². The maximum Gasteiger partial charge on any atom is 0.211 e. The minimum atomic E-state index is 0.478. The standard InChI is InChI=1S/C16H9N5O.C7H7Cl.C3H6.C2H4/c17-7-11-14-6-5-10(18-9-22)8-21(14)16-15(11)19-12-3-1-2-4-13(12)20-16;1-6-2-4-7(8)5-3-6;1-3-2;1-2/h1-6,8-9H,(H,18,22);2-5H,1H3;3H,1H2,2H3;1-2H2. The normalized spacial score (nSPS) is 9.43. The Balaban J connectivity index is 0.000000277. The topological polar surface area (TPSA) is 83.1 Å². The summed E-state index contributed by atoms with van der Waals surface area (Å²) in [6, 6.07) is 21.0. The maximum absolute atomic E-state index is 10.6. The third kappa shape index (κ3) is 6.53. The Morgan fingerprint density at radius 3 is 2.17 bits per heavy atom. The molecule has 3 heterocycles. The molecule has 0 fully saturated rings. The summed E-state index contributed by atoms with van der Waals surface area (Å²) in [6.07, 6.45) is 4.09. The van der Waals surface area contributed by atoms with E-state index >= 15 is 0 Å². The van der Waals surface area contributed by atoms with Crippen molar-refractivity contribution in [2.75, 3.05) is 5.32 Å². The summed E-state index contributed by atoms with van der Waals surface area (Å²) in [5, 5.41) is 12.9. The van der Waals surface area contributed by atoms with Crippen LogP contribution in [0, 0.1) is 18.3 Å². The van der Waals surface area contributed by atoms with E-state index in [4.69, 9.17) is 11.6 Å². The van der Waals surface area contributed by atoms with Gasteiger partial charge in [0.15, 0.2) is 5.65 Å². The maximum atomic E-state index is 10.6. The first-order valence-electron chi connectivity index (χ1n) is 10.6. The lowest BCUT2D eigenvalue weighted by atomic mass is 10.2. The molecular formula is C28H26ClN5O.